The molecule has 5 nitrogen and oxygen atoms in total. The molecular formula is C21H21FN2O3. The van der Waals surface area contributed by atoms with Crippen molar-refractivity contribution in [1.82, 2.24) is 4.57 Å². The molecule has 0 saturated carbocycles. The van der Waals surface area contributed by atoms with Crippen LogP contribution in [-0.2, 0) is 11.8 Å². The Morgan fingerprint density at radius 3 is 2.74 bits per heavy atom. The van der Waals surface area contributed by atoms with Crippen molar-refractivity contribution in [2.45, 2.75) is 19.8 Å². The lowest BCUT2D eigenvalue weighted by Gasteiger charge is -2.11. The second-order valence-electron chi connectivity index (χ2n) is 6.39. The van der Waals surface area contributed by atoms with Gasteiger partial charge >= 0.3 is 0 Å². The van der Waals surface area contributed by atoms with Gasteiger partial charge in [0.05, 0.1) is 12.1 Å². The number of carbonyl (C=O) groups excluding carboxylic acids is 1. The zero-order valence-electron chi connectivity index (χ0n) is 15.3. The van der Waals surface area contributed by atoms with Crippen molar-refractivity contribution in [3.8, 4) is 5.75 Å². The Balaban J connectivity index is 1.57. The number of anilines is 1. The van der Waals surface area contributed by atoms with Crippen LogP contribution in [0, 0.1) is 12.7 Å². The van der Waals surface area contributed by atoms with Gasteiger partial charge in [-0.2, -0.15) is 0 Å². The smallest absolute Gasteiger partial charge is 0.254 e. The first-order chi connectivity index (χ1) is 13.0. The number of halogens is 1. The van der Waals surface area contributed by atoms with Gasteiger partial charge in [-0.3, -0.25) is 9.59 Å². The number of rotatable bonds is 6. The van der Waals surface area contributed by atoms with Crippen molar-refractivity contribution in [1.29, 1.82) is 0 Å². The molecule has 0 fully saturated rings. The highest BCUT2D eigenvalue weighted by molar-refractivity contribution is 5.90. The van der Waals surface area contributed by atoms with E-state index in [0.717, 1.165) is 10.9 Å². The molecule has 2 aromatic carbocycles. The molecule has 0 aliphatic heterocycles. The Labute approximate surface area is 156 Å². The third kappa shape index (κ3) is 4.34. The zero-order chi connectivity index (χ0) is 19.4. The monoisotopic (exact) mass is 368 g/mol. The first-order valence-corrected chi connectivity index (χ1v) is 8.73. The number of nitrogens with zero attached hydrogens (tertiary/aromatic N) is 1. The molecule has 0 spiro atoms. The lowest BCUT2D eigenvalue weighted by atomic mass is 10.2. The van der Waals surface area contributed by atoms with Crippen LogP contribution in [0.4, 0.5) is 10.1 Å². The molecule has 3 aromatic rings. The van der Waals surface area contributed by atoms with Crippen molar-refractivity contribution in [3.63, 3.8) is 0 Å². The van der Waals surface area contributed by atoms with Crippen molar-refractivity contribution < 1.29 is 13.9 Å². The summed E-state index contributed by atoms with van der Waals surface area (Å²) in [6.45, 7) is 1.96. The van der Waals surface area contributed by atoms with Crippen LogP contribution >= 0.6 is 0 Å². The highest BCUT2D eigenvalue weighted by Crippen LogP contribution is 2.23. The summed E-state index contributed by atoms with van der Waals surface area (Å²) in [4.78, 5) is 24.0. The van der Waals surface area contributed by atoms with Gasteiger partial charge in [0, 0.05) is 30.6 Å². The summed E-state index contributed by atoms with van der Waals surface area (Å²) in [6.07, 6.45) is 0.710. The summed E-state index contributed by atoms with van der Waals surface area (Å²) in [5.41, 5.74) is 1.60. The largest absolute Gasteiger partial charge is 0.493 e. The Kier molecular flexibility index (Phi) is 5.54. The molecule has 0 aliphatic carbocycles. The number of benzene rings is 2. The zero-order valence-corrected chi connectivity index (χ0v) is 15.3. The van der Waals surface area contributed by atoms with Crippen LogP contribution in [0.1, 0.15) is 18.4 Å². The highest BCUT2D eigenvalue weighted by Gasteiger charge is 2.08. The van der Waals surface area contributed by atoms with Gasteiger partial charge < -0.3 is 14.6 Å². The molecule has 0 saturated heterocycles. The Bertz CT molecular complexity index is 1040. The second kappa shape index (κ2) is 8.03. The highest BCUT2D eigenvalue weighted by atomic mass is 19.1. The minimum atomic E-state index is -0.353. The van der Waals surface area contributed by atoms with Gasteiger partial charge in [-0.15, -0.1) is 0 Å². The molecule has 0 aliphatic rings. The number of para-hydroxylation sites is 1. The van der Waals surface area contributed by atoms with Crippen LogP contribution in [0.2, 0.25) is 0 Å². The number of pyridine rings is 1. The van der Waals surface area contributed by atoms with E-state index in [4.69, 9.17) is 4.74 Å². The van der Waals surface area contributed by atoms with Gasteiger partial charge in [0.1, 0.15) is 11.6 Å². The van der Waals surface area contributed by atoms with E-state index in [-0.39, 0.29) is 23.7 Å². The van der Waals surface area contributed by atoms with E-state index in [1.165, 1.54) is 12.1 Å². The summed E-state index contributed by atoms with van der Waals surface area (Å²) < 4.78 is 20.8. The predicted molar refractivity (Wildman–Crippen MR) is 104 cm³/mol. The molecule has 27 heavy (non-hydrogen) atoms. The minimum absolute atomic E-state index is 0.150. The lowest BCUT2D eigenvalue weighted by Crippen LogP contribution is -2.17. The molecule has 140 valence electrons. The maximum Gasteiger partial charge on any atom is 0.254 e. The van der Waals surface area contributed by atoms with Crippen molar-refractivity contribution in [2.75, 3.05) is 11.9 Å². The van der Waals surface area contributed by atoms with Gasteiger partial charge in [-0.05, 0) is 43.2 Å². The number of aryl methyl sites for hydroxylation is 2. The molecule has 3 rings (SSSR count). The normalized spacial score (nSPS) is 10.8. The number of carbonyl (C=O) groups is 1. The molecule has 0 bridgehead atoms. The Hall–Kier alpha value is -3.15. The maximum atomic E-state index is 13.5. The standard InChI is InChI=1S/C21H21FN2O3/c1-14-9-10-15(12-17(14)22)23-20(25)8-5-11-27-19-13-21(26)24(2)18-7-4-3-6-16(18)19/h3-4,6-7,9-10,12-13H,5,8,11H2,1-2H3,(H,23,25). The van der Waals surface area contributed by atoms with Crippen LogP contribution in [0.5, 0.6) is 5.75 Å². The fourth-order valence-electron chi connectivity index (χ4n) is 2.81. The summed E-state index contributed by atoms with van der Waals surface area (Å²) in [7, 11) is 1.71. The molecule has 0 atom stereocenters. The van der Waals surface area contributed by atoms with E-state index < -0.39 is 0 Å². The molecule has 6 heteroatoms. The summed E-state index contributed by atoms with van der Waals surface area (Å²) in [5.74, 6) is -0.0564. The maximum absolute atomic E-state index is 13.5. The van der Waals surface area contributed by atoms with Crippen LogP contribution in [0.25, 0.3) is 10.9 Å². The van der Waals surface area contributed by atoms with Crippen molar-refractivity contribution >= 4 is 22.5 Å². The van der Waals surface area contributed by atoms with Gasteiger partial charge in [0.2, 0.25) is 5.91 Å². The number of hydrogen-bond donors (Lipinski definition) is 1. The van der Waals surface area contributed by atoms with Crippen LogP contribution in [-0.4, -0.2) is 17.1 Å². The Morgan fingerprint density at radius 2 is 1.96 bits per heavy atom. The predicted octanol–water partition coefficient (Wildman–Crippen LogP) is 3.78. The minimum Gasteiger partial charge on any atom is -0.493 e. The molecular weight excluding hydrogens is 347 g/mol. The van der Waals surface area contributed by atoms with E-state index >= 15 is 0 Å². The molecule has 0 radical (unpaired) electrons. The van der Waals surface area contributed by atoms with E-state index in [2.05, 4.69) is 5.32 Å². The summed E-state index contributed by atoms with van der Waals surface area (Å²) in [6, 6.07) is 13.5. The van der Waals surface area contributed by atoms with E-state index in [1.54, 1.807) is 30.7 Å². The SMILES string of the molecule is Cc1ccc(NC(=O)CCCOc2cc(=O)n(C)c3ccccc23)cc1F. The molecule has 1 amide bonds. The lowest BCUT2D eigenvalue weighted by molar-refractivity contribution is -0.116. The van der Waals surface area contributed by atoms with Crippen LogP contribution in [0.15, 0.2) is 53.3 Å². The first-order valence-electron chi connectivity index (χ1n) is 8.73. The van der Waals surface area contributed by atoms with Gasteiger partial charge in [-0.25, -0.2) is 4.39 Å². The third-order valence-corrected chi connectivity index (χ3v) is 4.38. The van der Waals surface area contributed by atoms with E-state index in [0.29, 0.717) is 30.0 Å². The quantitative estimate of drug-likeness (QED) is 0.674. The van der Waals surface area contributed by atoms with Crippen LogP contribution in [0.3, 0.4) is 0 Å². The Morgan fingerprint density at radius 1 is 1.19 bits per heavy atom. The number of amides is 1. The average molecular weight is 368 g/mol. The summed E-state index contributed by atoms with van der Waals surface area (Å²) in [5, 5.41) is 3.51. The first kappa shape index (κ1) is 18.6. The molecule has 1 N–H and O–H groups in total. The van der Waals surface area contributed by atoms with E-state index in [9.17, 15) is 14.0 Å². The molecule has 1 heterocycles. The molecule has 1 aromatic heterocycles. The number of nitrogens with one attached hydrogen (secondary N) is 1. The van der Waals surface area contributed by atoms with Crippen molar-refractivity contribution in [2.24, 2.45) is 7.05 Å². The average Bonchev–Trinajstić information content (AvgIpc) is 2.65. The number of hydrogen-bond acceptors (Lipinski definition) is 3. The van der Waals surface area contributed by atoms with Crippen LogP contribution < -0.4 is 15.6 Å². The fourth-order valence-corrected chi connectivity index (χ4v) is 2.81. The number of fused-ring (bicyclic) bond motifs is 1. The topological polar surface area (TPSA) is 60.3 Å². The van der Waals surface area contributed by atoms with Crippen molar-refractivity contribution in [3.05, 3.63) is 70.3 Å². The van der Waals surface area contributed by atoms with E-state index in [1.807, 2.05) is 24.3 Å². The number of aromatic nitrogens is 1. The van der Waals surface area contributed by atoms with Gasteiger partial charge in [0.15, 0.2) is 0 Å². The molecule has 0 unspecified atom stereocenters. The summed E-state index contributed by atoms with van der Waals surface area (Å²) >= 11 is 0. The van der Waals surface area contributed by atoms with Gasteiger partial charge in [-0.1, -0.05) is 18.2 Å². The number of ether oxygens (including phenoxy) is 1. The third-order valence-electron chi connectivity index (χ3n) is 4.38. The fraction of sp³-hybridized carbons (Fsp3) is 0.238. The van der Waals surface area contributed by atoms with Gasteiger partial charge in [0.25, 0.3) is 5.56 Å². The second-order valence-corrected chi connectivity index (χ2v) is 6.39.